The molecule has 0 unspecified atom stereocenters. The minimum absolute atomic E-state index is 1.05. The van der Waals surface area contributed by atoms with Crippen molar-refractivity contribution >= 4 is 17.6 Å². The van der Waals surface area contributed by atoms with E-state index in [1.165, 1.54) is 28.9 Å². The first-order chi connectivity index (χ1) is 9.85. The molecule has 0 aliphatic heterocycles. The zero-order valence-electron chi connectivity index (χ0n) is 12.1. The van der Waals surface area contributed by atoms with Crippen LogP contribution in [0, 0.1) is 0 Å². The molecule has 0 saturated carbocycles. The number of hydrogen-bond acceptors (Lipinski definition) is 3. The largest absolute Gasteiger partial charge is 0.388 e. The van der Waals surface area contributed by atoms with Gasteiger partial charge in [-0.05, 0) is 47.7 Å². The Morgan fingerprint density at radius 2 is 1.75 bits per heavy atom. The third-order valence-electron chi connectivity index (χ3n) is 3.19. The highest BCUT2D eigenvalue weighted by Crippen LogP contribution is 2.30. The van der Waals surface area contributed by atoms with Crippen LogP contribution in [0.3, 0.4) is 0 Å². The van der Waals surface area contributed by atoms with Gasteiger partial charge in [0, 0.05) is 24.2 Å². The van der Waals surface area contributed by atoms with Crippen LogP contribution in [0.15, 0.2) is 53.4 Å². The molecule has 0 aliphatic rings. The van der Waals surface area contributed by atoms with Crippen LogP contribution >= 0.6 is 11.9 Å². The van der Waals surface area contributed by atoms with Crippen molar-refractivity contribution in [3.63, 3.8) is 0 Å². The van der Waals surface area contributed by atoms with Gasteiger partial charge in [0.2, 0.25) is 0 Å². The van der Waals surface area contributed by atoms with Crippen molar-refractivity contribution in [2.75, 3.05) is 18.9 Å². The van der Waals surface area contributed by atoms with E-state index in [1.807, 2.05) is 7.05 Å². The molecule has 0 bridgehead atoms. The van der Waals surface area contributed by atoms with Gasteiger partial charge in [0.15, 0.2) is 0 Å². The van der Waals surface area contributed by atoms with E-state index in [2.05, 4.69) is 65.5 Å². The van der Waals surface area contributed by atoms with Gasteiger partial charge in [-0.25, -0.2) is 0 Å². The summed E-state index contributed by atoms with van der Waals surface area (Å²) in [5.74, 6) is 0. The fourth-order valence-corrected chi connectivity index (χ4v) is 2.83. The second-order valence-corrected chi connectivity index (χ2v) is 5.61. The Balaban J connectivity index is 2.13. The van der Waals surface area contributed by atoms with E-state index in [1.54, 1.807) is 11.9 Å². The lowest BCUT2D eigenvalue weighted by Crippen LogP contribution is -2.04. The van der Waals surface area contributed by atoms with E-state index in [0.29, 0.717) is 0 Å². The molecule has 0 atom stereocenters. The molecule has 20 heavy (non-hydrogen) atoms. The van der Waals surface area contributed by atoms with E-state index < -0.39 is 0 Å². The summed E-state index contributed by atoms with van der Waals surface area (Å²) in [6.45, 7) is 3.26. The van der Waals surface area contributed by atoms with Gasteiger partial charge in [-0.1, -0.05) is 43.7 Å². The predicted octanol–water partition coefficient (Wildman–Crippen LogP) is 4.79. The molecule has 0 aromatic heterocycles. The van der Waals surface area contributed by atoms with E-state index in [-0.39, 0.29) is 0 Å². The highest BCUT2D eigenvalue weighted by atomic mass is 32.2. The minimum atomic E-state index is 1.05. The van der Waals surface area contributed by atoms with Crippen molar-refractivity contribution < 1.29 is 0 Å². The van der Waals surface area contributed by atoms with Gasteiger partial charge >= 0.3 is 0 Å². The average Bonchev–Trinajstić information content (AvgIpc) is 2.52. The normalized spacial score (nSPS) is 10.5. The molecule has 2 rings (SSSR count). The Morgan fingerprint density at radius 1 is 1.00 bits per heavy atom. The maximum absolute atomic E-state index is 3.44. The molecule has 0 saturated heterocycles. The van der Waals surface area contributed by atoms with E-state index in [4.69, 9.17) is 0 Å². The third-order valence-corrected chi connectivity index (χ3v) is 4.11. The van der Waals surface area contributed by atoms with Crippen LogP contribution in [0.2, 0.25) is 0 Å². The second kappa shape index (κ2) is 7.98. The van der Waals surface area contributed by atoms with E-state index in [0.717, 1.165) is 12.2 Å². The lowest BCUT2D eigenvalue weighted by atomic mass is 10.1. The maximum atomic E-state index is 3.44. The molecule has 0 aliphatic carbocycles. The molecule has 2 nitrogen and oxygen atoms in total. The van der Waals surface area contributed by atoms with Gasteiger partial charge in [-0.15, -0.1) is 0 Å². The SMILES string of the molecule is CCCCNSc1ccccc1-c1ccc(NC)cc1. The highest BCUT2D eigenvalue weighted by molar-refractivity contribution is 7.97. The van der Waals surface area contributed by atoms with Gasteiger partial charge in [0.25, 0.3) is 0 Å². The highest BCUT2D eigenvalue weighted by Gasteiger charge is 2.05. The first kappa shape index (κ1) is 14.9. The monoisotopic (exact) mass is 286 g/mol. The van der Waals surface area contributed by atoms with Crippen molar-refractivity contribution in [1.82, 2.24) is 4.72 Å². The molecule has 106 valence electrons. The Hall–Kier alpha value is -1.45. The summed E-state index contributed by atoms with van der Waals surface area (Å²) in [6, 6.07) is 17.1. The molecule has 2 aromatic rings. The molecule has 0 amide bonds. The minimum Gasteiger partial charge on any atom is -0.388 e. The van der Waals surface area contributed by atoms with E-state index >= 15 is 0 Å². The summed E-state index contributed by atoms with van der Waals surface area (Å²) in [4.78, 5) is 1.28. The lowest BCUT2D eigenvalue weighted by Gasteiger charge is -2.10. The van der Waals surface area contributed by atoms with Gasteiger partial charge in [0.05, 0.1) is 0 Å². The Morgan fingerprint density at radius 3 is 2.45 bits per heavy atom. The fourth-order valence-electron chi connectivity index (χ4n) is 1.99. The maximum Gasteiger partial charge on any atom is 0.0337 e. The van der Waals surface area contributed by atoms with Crippen LogP contribution < -0.4 is 10.0 Å². The molecule has 2 N–H and O–H groups in total. The third kappa shape index (κ3) is 4.02. The van der Waals surface area contributed by atoms with Crippen molar-refractivity contribution in [1.29, 1.82) is 0 Å². The van der Waals surface area contributed by atoms with Crippen molar-refractivity contribution in [2.45, 2.75) is 24.7 Å². The van der Waals surface area contributed by atoms with Crippen molar-refractivity contribution in [3.8, 4) is 11.1 Å². The molecule has 0 heterocycles. The zero-order chi connectivity index (χ0) is 14.2. The van der Waals surface area contributed by atoms with Crippen molar-refractivity contribution in [2.24, 2.45) is 0 Å². The van der Waals surface area contributed by atoms with Crippen LogP contribution in [-0.2, 0) is 0 Å². The molecule has 3 heteroatoms. The second-order valence-electron chi connectivity index (χ2n) is 4.67. The van der Waals surface area contributed by atoms with Crippen LogP contribution in [0.5, 0.6) is 0 Å². The number of nitrogens with one attached hydrogen (secondary N) is 2. The fraction of sp³-hybridized carbons (Fsp3) is 0.294. The molecule has 2 aromatic carbocycles. The van der Waals surface area contributed by atoms with Crippen LogP contribution in [0.1, 0.15) is 19.8 Å². The molecule has 0 radical (unpaired) electrons. The number of benzene rings is 2. The summed E-state index contributed by atoms with van der Waals surface area (Å²) in [5, 5.41) is 3.15. The standard InChI is InChI=1S/C17H22N2S/c1-3-4-13-19-20-17-8-6-5-7-16(17)14-9-11-15(18-2)12-10-14/h5-12,18-19H,3-4,13H2,1-2H3. The van der Waals surface area contributed by atoms with Gasteiger partial charge in [0.1, 0.15) is 0 Å². The number of hydrogen-bond donors (Lipinski definition) is 2. The number of anilines is 1. The summed E-state index contributed by atoms with van der Waals surface area (Å²) in [5.41, 5.74) is 3.67. The Labute approximate surface area is 126 Å². The molecule has 0 fully saturated rings. The molecular formula is C17H22N2S. The predicted molar refractivity (Wildman–Crippen MR) is 90.2 cm³/mol. The smallest absolute Gasteiger partial charge is 0.0337 e. The summed E-state index contributed by atoms with van der Waals surface area (Å²) < 4.78 is 3.44. The summed E-state index contributed by atoms with van der Waals surface area (Å²) in [6.07, 6.45) is 2.44. The summed E-state index contributed by atoms with van der Waals surface area (Å²) in [7, 11) is 1.94. The first-order valence-electron chi connectivity index (χ1n) is 7.12. The molecule has 0 spiro atoms. The average molecular weight is 286 g/mol. The van der Waals surface area contributed by atoms with Crippen LogP contribution in [0.25, 0.3) is 11.1 Å². The van der Waals surface area contributed by atoms with Crippen LogP contribution in [0.4, 0.5) is 5.69 Å². The topological polar surface area (TPSA) is 24.1 Å². The summed E-state index contributed by atoms with van der Waals surface area (Å²) >= 11 is 1.73. The molecular weight excluding hydrogens is 264 g/mol. The Kier molecular flexibility index (Phi) is 5.96. The lowest BCUT2D eigenvalue weighted by molar-refractivity contribution is 0.776. The number of rotatable bonds is 7. The van der Waals surface area contributed by atoms with E-state index in [9.17, 15) is 0 Å². The number of unbranched alkanes of at least 4 members (excludes halogenated alkanes) is 1. The van der Waals surface area contributed by atoms with Crippen LogP contribution in [-0.4, -0.2) is 13.6 Å². The van der Waals surface area contributed by atoms with Gasteiger partial charge < -0.3 is 5.32 Å². The zero-order valence-corrected chi connectivity index (χ0v) is 13.0. The quantitative estimate of drug-likeness (QED) is 0.565. The Bertz CT molecular complexity index is 523. The van der Waals surface area contributed by atoms with Crippen molar-refractivity contribution in [3.05, 3.63) is 48.5 Å². The first-order valence-corrected chi connectivity index (χ1v) is 7.93. The van der Waals surface area contributed by atoms with Gasteiger partial charge in [-0.3, -0.25) is 4.72 Å². The van der Waals surface area contributed by atoms with Gasteiger partial charge in [-0.2, -0.15) is 0 Å².